The summed E-state index contributed by atoms with van der Waals surface area (Å²) in [6, 6.07) is 7.43. The first-order valence-corrected chi connectivity index (χ1v) is 10.2. The molecule has 1 fully saturated rings. The lowest BCUT2D eigenvalue weighted by Crippen LogP contribution is -2.39. The summed E-state index contributed by atoms with van der Waals surface area (Å²) >= 11 is 8.74. The lowest BCUT2D eigenvalue weighted by Gasteiger charge is -2.20. The highest BCUT2D eigenvalue weighted by Gasteiger charge is 2.34. The zero-order chi connectivity index (χ0) is 19.0. The first-order chi connectivity index (χ1) is 12.3. The fraction of sp³-hybridized carbons (Fsp3) is 0.222. The van der Waals surface area contributed by atoms with Crippen LogP contribution in [0.15, 0.2) is 29.2 Å². The Kier molecular flexibility index (Phi) is 5.64. The molecule has 1 aliphatic rings. The molecule has 8 heteroatoms. The van der Waals surface area contributed by atoms with Crippen molar-refractivity contribution in [1.82, 2.24) is 4.68 Å². The van der Waals surface area contributed by atoms with E-state index in [1.807, 2.05) is 60.2 Å². The van der Waals surface area contributed by atoms with E-state index in [9.17, 15) is 9.90 Å². The molecule has 0 bridgehead atoms. The SMILES string of the molecule is CCOc1cc(C=C2SC(=S)N(n3c(C)ccc3C)C2=O)cc(I)c1O. The van der Waals surface area contributed by atoms with Gasteiger partial charge >= 0.3 is 0 Å². The van der Waals surface area contributed by atoms with Crippen molar-refractivity contribution in [3.05, 3.63) is 49.7 Å². The van der Waals surface area contributed by atoms with Crippen LogP contribution in [0.5, 0.6) is 11.5 Å². The number of aromatic nitrogens is 1. The van der Waals surface area contributed by atoms with Crippen molar-refractivity contribution < 1.29 is 14.6 Å². The Morgan fingerprint density at radius 1 is 1.31 bits per heavy atom. The van der Waals surface area contributed by atoms with Crippen molar-refractivity contribution in [2.75, 3.05) is 11.6 Å². The smallest absolute Gasteiger partial charge is 0.285 e. The Balaban J connectivity index is 1.99. The number of carbonyl (C=O) groups excluding carboxylic acids is 1. The number of benzene rings is 1. The van der Waals surface area contributed by atoms with E-state index < -0.39 is 0 Å². The van der Waals surface area contributed by atoms with Gasteiger partial charge in [0, 0.05) is 11.4 Å². The minimum Gasteiger partial charge on any atom is -0.504 e. The second-order valence-corrected chi connectivity index (χ2v) is 8.54. The minimum absolute atomic E-state index is 0.107. The number of phenolic OH excluding ortho intramolecular Hbond substituents is 1. The lowest BCUT2D eigenvalue weighted by molar-refractivity contribution is -0.114. The Hall–Kier alpha value is -1.52. The molecule has 0 unspecified atom stereocenters. The average Bonchev–Trinajstić information content (AvgIpc) is 3.04. The molecule has 2 aromatic rings. The summed E-state index contributed by atoms with van der Waals surface area (Å²) in [6.45, 7) is 6.17. The number of hydrogen-bond acceptors (Lipinski definition) is 5. The molecule has 1 aromatic carbocycles. The van der Waals surface area contributed by atoms with E-state index in [1.54, 1.807) is 18.2 Å². The fourth-order valence-electron chi connectivity index (χ4n) is 2.70. The van der Waals surface area contributed by atoms with E-state index in [4.69, 9.17) is 17.0 Å². The maximum absolute atomic E-state index is 12.9. The van der Waals surface area contributed by atoms with Crippen LogP contribution in [0.2, 0.25) is 0 Å². The zero-order valence-corrected chi connectivity index (χ0v) is 18.2. The van der Waals surface area contributed by atoms with Crippen LogP contribution in [-0.2, 0) is 4.79 Å². The van der Waals surface area contributed by atoms with Crippen LogP contribution in [0.1, 0.15) is 23.9 Å². The molecule has 2 heterocycles. The summed E-state index contributed by atoms with van der Waals surface area (Å²) in [5.41, 5.74) is 2.66. The predicted octanol–water partition coefficient (Wildman–Crippen LogP) is 4.35. The summed E-state index contributed by atoms with van der Waals surface area (Å²) in [5.74, 6) is 0.345. The number of hydrogen-bond donors (Lipinski definition) is 1. The van der Waals surface area contributed by atoms with E-state index in [0.717, 1.165) is 17.0 Å². The summed E-state index contributed by atoms with van der Waals surface area (Å²) < 4.78 is 8.44. The van der Waals surface area contributed by atoms with Crippen molar-refractivity contribution in [3.8, 4) is 11.5 Å². The Labute approximate surface area is 175 Å². The first-order valence-electron chi connectivity index (χ1n) is 7.92. The van der Waals surface area contributed by atoms with Gasteiger partial charge in [0.05, 0.1) is 15.1 Å². The first kappa shape index (κ1) is 19.2. The highest BCUT2D eigenvalue weighted by Crippen LogP contribution is 2.36. The molecule has 0 spiro atoms. The topological polar surface area (TPSA) is 54.7 Å². The van der Waals surface area contributed by atoms with Crippen LogP contribution in [0, 0.1) is 17.4 Å². The number of aryl methyl sites for hydroxylation is 2. The van der Waals surface area contributed by atoms with Crippen molar-refractivity contribution in [2.45, 2.75) is 20.8 Å². The number of halogens is 1. The minimum atomic E-state index is -0.163. The summed E-state index contributed by atoms with van der Waals surface area (Å²) in [4.78, 5) is 13.5. The highest BCUT2D eigenvalue weighted by atomic mass is 127. The third-order valence-corrected chi connectivity index (χ3v) is 5.96. The predicted molar refractivity (Wildman–Crippen MR) is 117 cm³/mol. The number of thioether (sulfide) groups is 1. The fourth-order valence-corrected chi connectivity index (χ4v) is 4.57. The van der Waals surface area contributed by atoms with Crippen LogP contribution < -0.4 is 9.75 Å². The zero-order valence-electron chi connectivity index (χ0n) is 14.4. The number of amides is 1. The maximum atomic E-state index is 12.9. The molecule has 1 saturated heterocycles. The molecule has 26 heavy (non-hydrogen) atoms. The average molecular weight is 500 g/mol. The van der Waals surface area contributed by atoms with Crippen molar-refractivity contribution in [2.24, 2.45) is 0 Å². The van der Waals surface area contributed by atoms with Crippen molar-refractivity contribution in [1.29, 1.82) is 0 Å². The monoisotopic (exact) mass is 500 g/mol. The number of thiocarbonyl (C=S) groups is 1. The van der Waals surface area contributed by atoms with Gasteiger partial charge in [-0.15, -0.1) is 0 Å². The van der Waals surface area contributed by atoms with Gasteiger partial charge in [-0.3, -0.25) is 9.47 Å². The summed E-state index contributed by atoms with van der Waals surface area (Å²) in [5, 5.41) is 11.6. The molecule has 5 nitrogen and oxygen atoms in total. The quantitative estimate of drug-likeness (QED) is 0.385. The second kappa shape index (κ2) is 7.61. The van der Waals surface area contributed by atoms with E-state index in [-0.39, 0.29) is 11.7 Å². The van der Waals surface area contributed by atoms with Gasteiger partial charge in [0.1, 0.15) is 0 Å². The number of phenols is 1. The van der Waals surface area contributed by atoms with E-state index in [1.165, 1.54) is 16.8 Å². The van der Waals surface area contributed by atoms with Gasteiger partial charge in [0.25, 0.3) is 5.91 Å². The van der Waals surface area contributed by atoms with Crippen LogP contribution in [0.3, 0.4) is 0 Å². The molecule has 0 aliphatic carbocycles. The highest BCUT2D eigenvalue weighted by molar-refractivity contribution is 14.1. The molecular weight excluding hydrogens is 483 g/mol. The van der Waals surface area contributed by atoms with Crippen molar-refractivity contribution >= 4 is 62.9 Å². The van der Waals surface area contributed by atoms with E-state index in [2.05, 4.69) is 0 Å². The van der Waals surface area contributed by atoms with Gasteiger partial charge in [-0.25, -0.2) is 0 Å². The molecule has 0 atom stereocenters. The lowest BCUT2D eigenvalue weighted by atomic mass is 10.2. The number of nitrogens with zero attached hydrogens (tertiary/aromatic N) is 2. The molecule has 0 radical (unpaired) electrons. The van der Waals surface area contributed by atoms with Crippen LogP contribution in [-0.4, -0.2) is 26.6 Å². The summed E-state index contributed by atoms with van der Waals surface area (Å²) in [6.07, 6.45) is 1.78. The molecular formula is C18H17IN2O3S2. The number of carbonyl (C=O) groups is 1. The van der Waals surface area contributed by atoms with Crippen LogP contribution >= 0.6 is 46.6 Å². The molecule has 1 N–H and O–H groups in total. The molecule has 1 aromatic heterocycles. The van der Waals surface area contributed by atoms with Gasteiger partial charge in [-0.2, -0.15) is 5.01 Å². The van der Waals surface area contributed by atoms with Crippen LogP contribution in [0.4, 0.5) is 0 Å². The Bertz CT molecular complexity index is 917. The maximum Gasteiger partial charge on any atom is 0.285 e. The van der Waals surface area contributed by atoms with Crippen LogP contribution in [0.25, 0.3) is 6.08 Å². The third-order valence-electron chi connectivity index (χ3n) is 3.86. The molecule has 3 rings (SSSR count). The molecule has 1 amide bonds. The summed E-state index contributed by atoms with van der Waals surface area (Å²) in [7, 11) is 0. The molecule has 136 valence electrons. The van der Waals surface area contributed by atoms with Gasteiger partial charge in [-0.05, 0) is 91.5 Å². The number of rotatable bonds is 4. The third kappa shape index (κ3) is 3.49. The molecule has 0 saturated carbocycles. The Morgan fingerprint density at radius 3 is 2.58 bits per heavy atom. The largest absolute Gasteiger partial charge is 0.504 e. The van der Waals surface area contributed by atoms with Gasteiger partial charge in [0.15, 0.2) is 15.8 Å². The standard InChI is InChI=1S/C18H17IN2O3S2/c1-4-24-14-8-12(7-13(19)16(14)22)9-15-17(23)21(18(25)26-15)20-10(2)5-6-11(20)3/h5-9,22H,4H2,1-3H3. The normalized spacial score (nSPS) is 16.0. The van der Waals surface area contributed by atoms with Crippen molar-refractivity contribution in [3.63, 3.8) is 0 Å². The number of ether oxygens (including phenoxy) is 1. The second-order valence-electron chi connectivity index (χ2n) is 5.70. The molecule has 1 aliphatic heterocycles. The van der Waals surface area contributed by atoms with Gasteiger partial charge in [-0.1, -0.05) is 11.8 Å². The van der Waals surface area contributed by atoms with E-state index in [0.29, 0.717) is 25.2 Å². The van der Waals surface area contributed by atoms with Gasteiger partial charge < -0.3 is 9.84 Å². The number of aromatic hydroxyl groups is 1. The Morgan fingerprint density at radius 2 is 1.96 bits per heavy atom. The van der Waals surface area contributed by atoms with E-state index >= 15 is 0 Å². The van der Waals surface area contributed by atoms with Gasteiger partial charge in [0.2, 0.25) is 0 Å².